The molecule has 136 valence electrons. The fourth-order valence-electron chi connectivity index (χ4n) is 2.96. The summed E-state index contributed by atoms with van der Waals surface area (Å²) >= 11 is 0. The second-order valence-electron chi connectivity index (χ2n) is 6.29. The van der Waals surface area contributed by atoms with Crippen molar-refractivity contribution in [3.8, 4) is 0 Å². The molecule has 0 heterocycles. The van der Waals surface area contributed by atoms with Crippen LogP contribution in [0.15, 0.2) is 53.9 Å². The highest BCUT2D eigenvalue weighted by molar-refractivity contribution is 7.92. The van der Waals surface area contributed by atoms with Crippen LogP contribution in [-0.4, -0.2) is 20.9 Å². The first-order chi connectivity index (χ1) is 12.5. The number of carbonyl (C=O) groups is 1. The lowest BCUT2D eigenvalue weighted by molar-refractivity contribution is -0.116. The largest absolute Gasteiger partial charge is 0.326 e. The van der Waals surface area contributed by atoms with Gasteiger partial charge in [-0.2, -0.15) is 0 Å². The third kappa shape index (κ3) is 5.28. The van der Waals surface area contributed by atoms with Gasteiger partial charge in [0.1, 0.15) is 0 Å². The Balaban J connectivity index is 1.46. The zero-order valence-electron chi connectivity index (χ0n) is 14.4. The molecule has 0 radical (unpaired) electrons. The Morgan fingerprint density at radius 3 is 2.62 bits per heavy atom. The Bertz CT molecular complexity index is 906. The van der Waals surface area contributed by atoms with Gasteiger partial charge in [-0.25, -0.2) is 13.1 Å². The molecule has 0 aromatic heterocycles. The van der Waals surface area contributed by atoms with Crippen LogP contribution in [0, 0.1) is 0 Å². The number of aryl methyl sites for hydroxylation is 2. The normalized spacial score (nSPS) is 13.7. The first kappa shape index (κ1) is 18.4. The summed E-state index contributed by atoms with van der Waals surface area (Å²) in [5, 5.41) is 3.94. The molecular weight excluding hydrogens is 348 g/mol. The molecule has 0 unspecified atom stereocenters. The Morgan fingerprint density at radius 1 is 1.04 bits per heavy atom. The minimum atomic E-state index is -3.57. The summed E-state index contributed by atoms with van der Waals surface area (Å²) in [6.07, 6.45) is 4.90. The van der Waals surface area contributed by atoms with Crippen LogP contribution in [0.2, 0.25) is 0 Å². The number of nitrogens with one attached hydrogen (secondary N) is 2. The molecule has 1 aliphatic rings. The SMILES string of the molecule is O=C(CCNS(=O)(=O)/C=C/c1ccccc1)Nc1ccc2c(c1)CCC2. The van der Waals surface area contributed by atoms with Crippen molar-refractivity contribution >= 4 is 27.7 Å². The third-order valence-corrected chi connectivity index (χ3v) is 5.38. The van der Waals surface area contributed by atoms with Gasteiger partial charge in [-0.15, -0.1) is 0 Å². The highest BCUT2D eigenvalue weighted by Crippen LogP contribution is 2.24. The van der Waals surface area contributed by atoms with Gasteiger partial charge in [0.25, 0.3) is 0 Å². The summed E-state index contributed by atoms with van der Waals surface area (Å²) in [5.41, 5.74) is 4.20. The van der Waals surface area contributed by atoms with Crippen LogP contribution in [0.4, 0.5) is 5.69 Å². The summed E-state index contributed by atoms with van der Waals surface area (Å²) < 4.78 is 26.3. The van der Waals surface area contributed by atoms with Crippen molar-refractivity contribution in [2.45, 2.75) is 25.7 Å². The summed E-state index contributed by atoms with van der Waals surface area (Å²) in [4.78, 5) is 12.0. The molecule has 5 nitrogen and oxygen atoms in total. The highest BCUT2D eigenvalue weighted by Gasteiger charge is 2.12. The maximum atomic E-state index is 12.0. The highest BCUT2D eigenvalue weighted by atomic mass is 32.2. The third-order valence-electron chi connectivity index (χ3n) is 4.28. The second-order valence-corrected chi connectivity index (χ2v) is 7.94. The summed E-state index contributed by atoms with van der Waals surface area (Å²) in [5.74, 6) is -0.210. The van der Waals surface area contributed by atoms with Crippen LogP contribution >= 0.6 is 0 Å². The standard InChI is InChI=1S/C20H22N2O3S/c23-20(22-19-10-9-17-7-4-8-18(17)15-19)11-13-21-26(24,25)14-12-16-5-2-1-3-6-16/h1-3,5-6,9-10,12,14-15,21H,4,7-8,11,13H2,(H,22,23)/b14-12+. The van der Waals surface area contributed by atoms with Gasteiger partial charge in [-0.05, 0) is 54.2 Å². The number of benzene rings is 2. The Hall–Kier alpha value is -2.44. The molecule has 0 aliphatic heterocycles. The summed E-state index contributed by atoms with van der Waals surface area (Å²) in [6, 6.07) is 15.1. The van der Waals surface area contributed by atoms with Crippen molar-refractivity contribution in [2.75, 3.05) is 11.9 Å². The smallest absolute Gasteiger partial charge is 0.233 e. The molecule has 2 aromatic carbocycles. The topological polar surface area (TPSA) is 75.3 Å². The minimum Gasteiger partial charge on any atom is -0.326 e. The lowest BCUT2D eigenvalue weighted by atomic mass is 10.1. The molecule has 0 atom stereocenters. The summed E-state index contributed by atoms with van der Waals surface area (Å²) in [7, 11) is -3.57. The molecule has 0 bridgehead atoms. The Labute approximate surface area is 154 Å². The van der Waals surface area contributed by atoms with Crippen LogP contribution in [0.1, 0.15) is 29.5 Å². The monoisotopic (exact) mass is 370 g/mol. The number of carbonyl (C=O) groups excluding carboxylic acids is 1. The molecule has 2 N–H and O–H groups in total. The van der Waals surface area contributed by atoms with Gasteiger partial charge in [-0.1, -0.05) is 36.4 Å². The lowest BCUT2D eigenvalue weighted by Gasteiger charge is -2.08. The van der Waals surface area contributed by atoms with Crippen molar-refractivity contribution in [1.82, 2.24) is 4.72 Å². The first-order valence-electron chi connectivity index (χ1n) is 8.66. The average molecular weight is 370 g/mol. The van der Waals surface area contributed by atoms with E-state index in [0.717, 1.165) is 35.9 Å². The number of rotatable bonds is 7. The minimum absolute atomic E-state index is 0.0538. The van der Waals surface area contributed by atoms with Crippen LogP contribution in [0.3, 0.4) is 0 Å². The average Bonchev–Trinajstić information content (AvgIpc) is 3.08. The first-order valence-corrected chi connectivity index (χ1v) is 10.2. The zero-order valence-corrected chi connectivity index (χ0v) is 15.3. The van der Waals surface area contributed by atoms with E-state index in [1.54, 1.807) is 0 Å². The molecule has 0 fully saturated rings. The van der Waals surface area contributed by atoms with Crippen LogP contribution < -0.4 is 10.0 Å². The fourth-order valence-corrected chi connectivity index (χ4v) is 3.78. The molecule has 0 saturated carbocycles. The lowest BCUT2D eigenvalue weighted by Crippen LogP contribution is -2.26. The molecule has 3 rings (SSSR count). The van der Waals surface area contributed by atoms with E-state index in [4.69, 9.17) is 0 Å². The summed E-state index contributed by atoms with van der Waals surface area (Å²) in [6.45, 7) is 0.0538. The molecular formula is C20H22N2O3S. The van der Waals surface area contributed by atoms with Gasteiger partial charge in [0.2, 0.25) is 15.9 Å². The Kier molecular flexibility index (Phi) is 5.85. The Morgan fingerprint density at radius 2 is 1.81 bits per heavy atom. The fraction of sp³-hybridized carbons (Fsp3) is 0.250. The quantitative estimate of drug-likeness (QED) is 0.786. The van der Waals surface area contributed by atoms with E-state index < -0.39 is 10.0 Å². The number of hydrogen-bond donors (Lipinski definition) is 2. The van der Waals surface area contributed by atoms with E-state index in [2.05, 4.69) is 16.1 Å². The molecule has 6 heteroatoms. The van der Waals surface area contributed by atoms with E-state index in [-0.39, 0.29) is 18.9 Å². The maximum absolute atomic E-state index is 12.0. The van der Waals surface area contributed by atoms with Crippen molar-refractivity contribution in [3.05, 3.63) is 70.6 Å². The maximum Gasteiger partial charge on any atom is 0.233 e. The van der Waals surface area contributed by atoms with Crippen molar-refractivity contribution in [1.29, 1.82) is 0 Å². The molecule has 0 spiro atoms. The molecule has 1 amide bonds. The van der Waals surface area contributed by atoms with Crippen LogP contribution in [0.25, 0.3) is 6.08 Å². The van der Waals surface area contributed by atoms with Crippen molar-refractivity contribution in [3.63, 3.8) is 0 Å². The van der Waals surface area contributed by atoms with Gasteiger partial charge in [0, 0.05) is 24.1 Å². The van der Waals surface area contributed by atoms with Gasteiger partial charge in [0.15, 0.2) is 0 Å². The van der Waals surface area contributed by atoms with Crippen LogP contribution in [-0.2, 0) is 27.7 Å². The number of fused-ring (bicyclic) bond motifs is 1. The van der Waals surface area contributed by atoms with Gasteiger partial charge >= 0.3 is 0 Å². The van der Waals surface area contributed by atoms with E-state index in [1.165, 1.54) is 17.2 Å². The molecule has 26 heavy (non-hydrogen) atoms. The predicted octanol–water partition coefficient (Wildman–Crippen LogP) is 3.09. The van der Waals surface area contributed by atoms with Gasteiger partial charge in [-0.3, -0.25) is 4.79 Å². The van der Waals surface area contributed by atoms with Gasteiger partial charge in [0.05, 0.1) is 0 Å². The zero-order chi connectivity index (χ0) is 18.4. The van der Waals surface area contributed by atoms with Crippen LogP contribution in [0.5, 0.6) is 0 Å². The predicted molar refractivity (Wildman–Crippen MR) is 104 cm³/mol. The van der Waals surface area contributed by atoms with Crippen molar-refractivity contribution in [2.24, 2.45) is 0 Å². The van der Waals surface area contributed by atoms with E-state index >= 15 is 0 Å². The van der Waals surface area contributed by atoms with E-state index in [9.17, 15) is 13.2 Å². The molecule has 0 saturated heterocycles. The number of sulfonamides is 1. The molecule has 2 aromatic rings. The second kappa shape index (κ2) is 8.29. The molecule has 1 aliphatic carbocycles. The number of anilines is 1. The van der Waals surface area contributed by atoms with E-state index in [1.807, 2.05) is 42.5 Å². The van der Waals surface area contributed by atoms with Crippen molar-refractivity contribution < 1.29 is 13.2 Å². The number of amides is 1. The number of hydrogen-bond acceptors (Lipinski definition) is 3. The van der Waals surface area contributed by atoms with Gasteiger partial charge < -0.3 is 5.32 Å². The van der Waals surface area contributed by atoms with E-state index in [0.29, 0.717) is 0 Å².